The van der Waals surface area contributed by atoms with E-state index in [1.54, 1.807) is 16.7 Å². The summed E-state index contributed by atoms with van der Waals surface area (Å²) >= 11 is 0. The van der Waals surface area contributed by atoms with Crippen LogP contribution in [-0.2, 0) is 25.7 Å². The highest BCUT2D eigenvalue weighted by Crippen LogP contribution is 2.38. The van der Waals surface area contributed by atoms with E-state index < -0.39 is 0 Å². The zero-order valence-electron chi connectivity index (χ0n) is 16.6. The molecule has 0 aliphatic heterocycles. The third-order valence-corrected chi connectivity index (χ3v) is 6.45. The lowest BCUT2D eigenvalue weighted by atomic mass is 9.76. The molecule has 25 heavy (non-hydrogen) atoms. The first kappa shape index (κ1) is 18.8. The van der Waals surface area contributed by atoms with Gasteiger partial charge >= 0.3 is 0 Å². The fourth-order valence-electron chi connectivity index (χ4n) is 4.93. The molecule has 1 heterocycles. The number of hydrogen-bond donors (Lipinski definition) is 1. The molecule has 2 aliphatic carbocycles. The van der Waals surface area contributed by atoms with Crippen LogP contribution in [0.1, 0.15) is 86.9 Å². The molecule has 0 saturated heterocycles. The molecule has 1 aromatic heterocycles. The first-order valence-corrected chi connectivity index (χ1v) is 10.7. The summed E-state index contributed by atoms with van der Waals surface area (Å²) in [5.41, 5.74) is 14.2. The highest BCUT2D eigenvalue weighted by atomic mass is 15.1. The van der Waals surface area contributed by atoms with Gasteiger partial charge in [0.2, 0.25) is 0 Å². The van der Waals surface area contributed by atoms with Crippen LogP contribution in [-0.4, -0.2) is 35.6 Å². The Morgan fingerprint density at radius 2 is 1.44 bits per heavy atom. The van der Waals surface area contributed by atoms with Crippen LogP contribution in [0.2, 0.25) is 0 Å². The maximum atomic E-state index is 6.57. The van der Waals surface area contributed by atoms with Gasteiger partial charge in [0, 0.05) is 23.3 Å². The summed E-state index contributed by atoms with van der Waals surface area (Å²) in [7, 11) is 0. The number of hydrogen-bond acceptors (Lipinski definition) is 3. The van der Waals surface area contributed by atoms with Crippen LogP contribution < -0.4 is 5.73 Å². The van der Waals surface area contributed by atoms with Crippen molar-refractivity contribution < 1.29 is 0 Å². The van der Waals surface area contributed by atoms with Crippen LogP contribution in [0.3, 0.4) is 0 Å². The number of fused-ring (bicyclic) bond motifs is 2. The van der Waals surface area contributed by atoms with E-state index >= 15 is 0 Å². The standard InChI is InChI=1S/C22H37N3/c1-4-25(5-2)15-14-17(16(3)23)22-18-10-6-8-12-20(18)24-21-13-9-7-11-19(21)22/h16-17H,4-15,23H2,1-3H3. The summed E-state index contributed by atoms with van der Waals surface area (Å²) in [6.07, 6.45) is 11.2. The molecule has 0 saturated carbocycles. The molecule has 0 spiro atoms. The Morgan fingerprint density at radius 1 is 0.920 bits per heavy atom. The van der Waals surface area contributed by atoms with Crippen LogP contribution >= 0.6 is 0 Å². The fraction of sp³-hybridized carbons (Fsp3) is 0.773. The first-order chi connectivity index (χ1) is 12.2. The molecule has 3 nitrogen and oxygen atoms in total. The Bertz CT molecular complexity index is 541. The third-order valence-electron chi connectivity index (χ3n) is 6.45. The maximum absolute atomic E-state index is 6.57. The molecule has 1 aromatic rings. The van der Waals surface area contributed by atoms with E-state index in [0.717, 1.165) is 19.6 Å². The van der Waals surface area contributed by atoms with Crippen LogP contribution in [0.25, 0.3) is 0 Å². The Balaban J connectivity index is 1.99. The molecule has 2 unspecified atom stereocenters. The number of aryl methyl sites for hydroxylation is 2. The molecule has 2 N–H and O–H groups in total. The molecule has 0 radical (unpaired) electrons. The average Bonchev–Trinajstić information content (AvgIpc) is 2.64. The maximum Gasteiger partial charge on any atom is 0.0441 e. The van der Waals surface area contributed by atoms with Crippen LogP contribution in [0.15, 0.2) is 0 Å². The minimum Gasteiger partial charge on any atom is -0.327 e. The van der Waals surface area contributed by atoms with E-state index in [1.807, 2.05) is 0 Å². The Labute approximate surface area is 154 Å². The van der Waals surface area contributed by atoms with E-state index in [9.17, 15) is 0 Å². The summed E-state index contributed by atoms with van der Waals surface area (Å²) in [5.74, 6) is 0.488. The van der Waals surface area contributed by atoms with E-state index in [-0.39, 0.29) is 6.04 Å². The monoisotopic (exact) mass is 343 g/mol. The molecule has 2 atom stereocenters. The lowest BCUT2D eigenvalue weighted by molar-refractivity contribution is 0.284. The van der Waals surface area contributed by atoms with Crippen molar-refractivity contribution in [2.75, 3.05) is 19.6 Å². The molecule has 3 rings (SSSR count). The number of aromatic nitrogens is 1. The Hall–Kier alpha value is -0.930. The van der Waals surface area contributed by atoms with Gasteiger partial charge in [0.1, 0.15) is 0 Å². The Morgan fingerprint density at radius 3 is 1.92 bits per heavy atom. The van der Waals surface area contributed by atoms with Gasteiger partial charge in [0.15, 0.2) is 0 Å². The molecule has 0 fully saturated rings. The normalized spacial score (nSPS) is 19.4. The predicted octanol–water partition coefficient (Wildman–Crippen LogP) is 4.00. The van der Waals surface area contributed by atoms with Gasteiger partial charge in [-0.2, -0.15) is 0 Å². The van der Waals surface area contributed by atoms with Crippen molar-refractivity contribution in [2.24, 2.45) is 5.73 Å². The quantitative estimate of drug-likeness (QED) is 0.813. The zero-order chi connectivity index (χ0) is 17.8. The second kappa shape index (κ2) is 8.64. The van der Waals surface area contributed by atoms with E-state index in [2.05, 4.69) is 25.7 Å². The van der Waals surface area contributed by atoms with Crippen molar-refractivity contribution in [3.05, 3.63) is 28.1 Å². The summed E-state index contributed by atoms with van der Waals surface area (Å²) in [6, 6.07) is 0.218. The minimum atomic E-state index is 0.218. The number of pyridine rings is 1. The van der Waals surface area contributed by atoms with Crippen molar-refractivity contribution in [2.45, 2.75) is 90.5 Å². The Kier molecular flexibility index (Phi) is 6.51. The average molecular weight is 344 g/mol. The van der Waals surface area contributed by atoms with Gasteiger partial charge in [0.05, 0.1) is 0 Å². The van der Waals surface area contributed by atoms with E-state index in [1.165, 1.54) is 69.2 Å². The topological polar surface area (TPSA) is 42.2 Å². The van der Waals surface area contributed by atoms with Crippen molar-refractivity contribution in [1.82, 2.24) is 9.88 Å². The van der Waals surface area contributed by atoms with Gasteiger partial charge in [-0.3, -0.25) is 4.98 Å². The SMILES string of the molecule is CCN(CC)CCC(c1c2c(nc3c1CCCC3)CCCC2)C(C)N. The fourth-order valence-corrected chi connectivity index (χ4v) is 4.93. The zero-order valence-corrected chi connectivity index (χ0v) is 16.6. The van der Waals surface area contributed by atoms with Crippen molar-refractivity contribution in [3.63, 3.8) is 0 Å². The predicted molar refractivity (Wildman–Crippen MR) is 106 cm³/mol. The lowest BCUT2D eigenvalue weighted by Gasteiger charge is -2.33. The van der Waals surface area contributed by atoms with Crippen LogP contribution in [0.5, 0.6) is 0 Å². The largest absolute Gasteiger partial charge is 0.327 e. The highest BCUT2D eigenvalue weighted by molar-refractivity contribution is 5.46. The molecule has 3 heteroatoms. The van der Waals surface area contributed by atoms with E-state index in [0.29, 0.717) is 5.92 Å². The lowest BCUT2D eigenvalue weighted by Crippen LogP contribution is -2.33. The van der Waals surface area contributed by atoms with Gasteiger partial charge in [-0.15, -0.1) is 0 Å². The molecule has 0 bridgehead atoms. The third kappa shape index (κ3) is 4.09. The molecule has 0 aromatic carbocycles. The molecular formula is C22H37N3. The molecule has 2 aliphatic rings. The number of rotatable bonds is 7. The number of nitrogens with zero attached hydrogens (tertiary/aromatic N) is 2. The molecule has 140 valence electrons. The highest BCUT2D eigenvalue weighted by Gasteiger charge is 2.29. The van der Waals surface area contributed by atoms with Gasteiger partial charge in [-0.1, -0.05) is 13.8 Å². The summed E-state index contributed by atoms with van der Waals surface area (Å²) in [6.45, 7) is 10.2. The summed E-state index contributed by atoms with van der Waals surface area (Å²) < 4.78 is 0. The first-order valence-electron chi connectivity index (χ1n) is 10.7. The molecule has 0 amide bonds. The van der Waals surface area contributed by atoms with Crippen molar-refractivity contribution in [3.8, 4) is 0 Å². The van der Waals surface area contributed by atoms with Crippen molar-refractivity contribution in [1.29, 1.82) is 0 Å². The van der Waals surface area contributed by atoms with E-state index in [4.69, 9.17) is 10.7 Å². The second-order valence-electron chi connectivity index (χ2n) is 8.07. The van der Waals surface area contributed by atoms with Gasteiger partial charge in [-0.25, -0.2) is 0 Å². The minimum absolute atomic E-state index is 0.218. The summed E-state index contributed by atoms with van der Waals surface area (Å²) in [5, 5.41) is 0. The number of nitrogens with two attached hydrogens (primary N) is 1. The molecular weight excluding hydrogens is 306 g/mol. The van der Waals surface area contributed by atoms with Crippen molar-refractivity contribution >= 4 is 0 Å². The van der Waals surface area contributed by atoms with Crippen LogP contribution in [0, 0.1) is 0 Å². The smallest absolute Gasteiger partial charge is 0.0441 e. The summed E-state index contributed by atoms with van der Waals surface area (Å²) in [4.78, 5) is 7.67. The van der Waals surface area contributed by atoms with Gasteiger partial charge < -0.3 is 10.6 Å². The van der Waals surface area contributed by atoms with Crippen LogP contribution in [0.4, 0.5) is 0 Å². The second-order valence-corrected chi connectivity index (χ2v) is 8.07. The van der Waals surface area contributed by atoms with Gasteiger partial charge in [-0.05, 0) is 101 Å². The van der Waals surface area contributed by atoms with Gasteiger partial charge in [0.25, 0.3) is 0 Å².